The molecule has 2 aromatic carbocycles. The molecule has 3 rings (SSSR count). The summed E-state index contributed by atoms with van der Waals surface area (Å²) in [5.41, 5.74) is 1.21. The van der Waals surface area contributed by atoms with Crippen LogP contribution in [0.15, 0.2) is 41.1 Å². The Bertz CT molecular complexity index is 987. The van der Waals surface area contributed by atoms with E-state index in [9.17, 15) is 4.79 Å². The highest BCUT2D eigenvalue weighted by Gasteiger charge is 2.15. The molecule has 0 saturated heterocycles. The smallest absolute Gasteiger partial charge is 0.262 e. The van der Waals surface area contributed by atoms with E-state index in [4.69, 9.17) is 18.9 Å². The van der Waals surface area contributed by atoms with Crippen LogP contribution in [-0.4, -0.2) is 43.8 Å². The summed E-state index contributed by atoms with van der Waals surface area (Å²) in [6.45, 7) is -0.227. The van der Waals surface area contributed by atoms with Gasteiger partial charge in [-0.05, 0) is 18.2 Å². The highest BCUT2D eigenvalue weighted by molar-refractivity contribution is 9.10. The Kier molecular flexibility index (Phi) is 6.15. The summed E-state index contributed by atoms with van der Waals surface area (Å²) in [5.74, 6) is 1.27. The van der Waals surface area contributed by atoms with Gasteiger partial charge in [-0.25, -0.2) is 9.97 Å². The van der Waals surface area contributed by atoms with E-state index in [1.807, 2.05) is 18.2 Å². The van der Waals surface area contributed by atoms with E-state index in [0.717, 1.165) is 9.99 Å². The minimum atomic E-state index is -0.365. The molecule has 0 unspecified atom stereocenters. The molecule has 0 radical (unpaired) electrons. The molecule has 28 heavy (non-hydrogen) atoms. The fourth-order valence-corrected chi connectivity index (χ4v) is 2.97. The van der Waals surface area contributed by atoms with Gasteiger partial charge in [-0.2, -0.15) is 0 Å². The number of rotatable bonds is 7. The van der Waals surface area contributed by atoms with Crippen molar-refractivity contribution in [1.29, 1.82) is 0 Å². The van der Waals surface area contributed by atoms with E-state index >= 15 is 0 Å². The third kappa shape index (κ3) is 4.25. The summed E-state index contributed by atoms with van der Waals surface area (Å²) in [5, 5.41) is 3.45. The molecule has 1 amide bonds. The van der Waals surface area contributed by atoms with Crippen LogP contribution in [-0.2, 0) is 4.79 Å². The van der Waals surface area contributed by atoms with Crippen LogP contribution in [0, 0.1) is 0 Å². The molecule has 146 valence electrons. The van der Waals surface area contributed by atoms with Crippen molar-refractivity contribution in [3.8, 4) is 23.1 Å². The Morgan fingerprint density at radius 1 is 1.04 bits per heavy atom. The molecule has 0 aliphatic heterocycles. The maximum absolute atomic E-state index is 12.3. The highest BCUT2D eigenvalue weighted by atomic mass is 79.9. The van der Waals surface area contributed by atoms with E-state index in [2.05, 4.69) is 31.2 Å². The Balaban J connectivity index is 1.74. The summed E-state index contributed by atoms with van der Waals surface area (Å²) < 4.78 is 22.3. The van der Waals surface area contributed by atoms with Crippen molar-refractivity contribution >= 4 is 38.4 Å². The lowest BCUT2D eigenvalue weighted by Crippen LogP contribution is -2.20. The first-order chi connectivity index (χ1) is 13.5. The van der Waals surface area contributed by atoms with Gasteiger partial charge in [-0.3, -0.25) is 4.79 Å². The number of benzene rings is 2. The number of nitrogens with zero attached hydrogens (tertiary/aromatic N) is 2. The SMILES string of the molecule is COc1cc(NC(=O)COc2ncnc3ccc(Br)cc23)cc(OC)c1OC. The number of carbonyl (C=O) groups is 1. The molecule has 0 aliphatic rings. The van der Waals surface area contributed by atoms with Crippen LogP contribution in [0.5, 0.6) is 23.1 Å². The van der Waals surface area contributed by atoms with E-state index < -0.39 is 0 Å². The predicted molar refractivity (Wildman–Crippen MR) is 107 cm³/mol. The number of carbonyl (C=O) groups excluding carboxylic acids is 1. The van der Waals surface area contributed by atoms with Crippen LogP contribution in [0.2, 0.25) is 0 Å². The van der Waals surface area contributed by atoms with Crippen molar-refractivity contribution < 1.29 is 23.7 Å². The van der Waals surface area contributed by atoms with Gasteiger partial charge in [0, 0.05) is 22.3 Å². The number of halogens is 1. The van der Waals surface area contributed by atoms with Gasteiger partial charge in [-0.1, -0.05) is 15.9 Å². The second kappa shape index (κ2) is 8.75. The number of nitrogens with one attached hydrogen (secondary N) is 1. The molecular weight excluding hydrogens is 430 g/mol. The van der Waals surface area contributed by atoms with Crippen LogP contribution >= 0.6 is 15.9 Å². The molecule has 1 N–H and O–H groups in total. The van der Waals surface area contributed by atoms with E-state index in [1.165, 1.54) is 27.7 Å². The zero-order valence-electron chi connectivity index (χ0n) is 15.5. The zero-order valence-corrected chi connectivity index (χ0v) is 17.1. The fourth-order valence-electron chi connectivity index (χ4n) is 2.60. The summed E-state index contributed by atoms with van der Waals surface area (Å²) >= 11 is 3.41. The average molecular weight is 448 g/mol. The number of hydrogen-bond donors (Lipinski definition) is 1. The number of methoxy groups -OCH3 is 3. The maximum Gasteiger partial charge on any atom is 0.262 e. The first-order valence-electron chi connectivity index (χ1n) is 8.18. The third-order valence-corrected chi connectivity index (χ3v) is 4.34. The minimum absolute atomic E-state index is 0.227. The molecule has 0 bridgehead atoms. The lowest BCUT2D eigenvalue weighted by Gasteiger charge is -2.14. The van der Waals surface area contributed by atoms with Crippen LogP contribution in [0.3, 0.4) is 0 Å². The van der Waals surface area contributed by atoms with Crippen LogP contribution in [0.1, 0.15) is 0 Å². The lowest BCUT2D eigenvalue weighted by atomic mass is 10.2. The molecule has 1 aromatic heterocycles. The van der Waals surface area contributed by atoms with Crippen LogP contribution in [0.25, 0.3) is 10.9 Å². The van der Waals surface area contributed by atoms with E-state index in [-0.39, 0.29) is 12.5 Å². The topological polar surface area (TPSA) is 91.8 Å². The van der Waals surface area contributed by atoms with Crippen molar-refractivity contribution in [2.45, 2.75) is 0 Å². The molecule has 0 atom stereocenters. The minimum Gasteiger partial charge on any atom is -0.493 e. The molecule has 1 heterocycles. The van der Waals surface area contributed by atoms with Crippen molar-refractivity contribution in [3.05, 3.63) is 41.1 Å². The molecule has 0 fully saturated rings. The van der Waals surface area contributed by atoms with Crippen molar-refractivity contribution in [2.75, 3.05) is 33.3 Å². The lowest BCUT2D eigenvalue weighted by molar-refractivity contribution is -0.118. The first kappa shape index (κ1) is 19.7. The summed E-state index contributed by atoms with van der Waals surface area (Å²) in [6.07, 6.45) is 1.39. The summed E-state index contributed by atoms with van der Waals surface area (Å²) in [4.78, 5) is 20.6. The molecular formula is C19H18BrN3O5. The van der Waals surface area contributed by atoms with Gasteiger partial charge in [0.2, 0.25) is 11.6 Å². The number of anilines is 1. The summed E-state index contributed by atoms with van der Waals surface area (Å²) in [7, 11) is 4.52. The number of fused-ring (bicyclic) bond motifs is 1. The maximum atomic E-state index is 12.3. The van der Waals surface area contributed by atoms with Gasteiger partial charge in [0.05, 0.1) is 32.2 Å². The quantitative estimate of drug-likeness (QED) is 0.592. The molecule has 0 aliphatic carbocycles. The van der Waals surface area contributed by atoms with Gasteiger partial charge in [0.15, 0.2) is 18.1 Å². The predicted octanol–water partition coefficient (Wildman–Crippen LogP) is 3.44. The number of hydrogen-bond acceptors (Lipinski definition) is 7. The first-order valence-corrected chi connectivity index (χ1v) is 8.98. The normalized spacial score (nSPS) is 10.4. The van der Waals surface area contributed by atoms with E-state index in [0.29, 0.717) is 34.2 Å². The fraction of sp³-hybridized carbons (Fsp3) is 0.211. The molecule has 9 heteroatoms. The Hall–Kier alpha value is -3.07. The number of aromatic nitrogens is 2. The summed E-state index contributed by atoms with van der Waals surface area (Å²) in [6, 6.07) is 8.81. The van der Waals surface area contributed by atoms with Crippen molar-refractivity contribution in [1.82, 2.24) is 9.97 Å². The van der Waals surface area contributed by atoms with E-state index in [1.54, 1.807) is 12.1 Å². The van der Waals surface area contributed by atoms with Gasteiger partial charge in [-0.15, -0.1) is 0 Å². The monoisotopic (exact) mass is 447 g/mol. The van der Waals surface area contributed by atoms with Gasteiger partial charge < -0.3 is 24.3 Å². The second-order valence-electron chi connectivity index (χ2n) is 5.59. The molecule has 0 saturated carbocycles. The molecule has 3 aromatic rings. The van der Waals surface area contributed by atoms with Gasteiger partial charge in [0.25, 0.3) is 5.91 Å². The zero-order chi connectivity index (χ0) is 20.1. The Morgan fingerprint density at radius 3 is 2.39 bits per heavy atom. The van der Waals surface area contributed by atoms with Gasteiger partial charge >= 0.3 is 0 Å². The van der Waals surface area contributed by atoms with Crippen LogP contribution < -0.4 is 24.3 Å². The van der Waals surface area contributed by atoms with Crippen molar-refractivity contribution in [3.63, 3.8) is 0 Å². The second-order valence-corrected chi connectivity index (χ2v) is 6.51. The largest absolute Gasteiger partial charge is 0.493 e. The van der Waals surface area contributed by atoms with Crippen molar-refractivity contribution in [2.24, 2.45) is 0 Å². The van der Waals surface area contributed by atoms with Crippen LogP contribution in [0.4, 0.5) is 5.69 Å². The number of ether oxygens (including phenoxy) is 4. The Morgan fingerprint density at radius 2 is 1.75 bits per heavy atom. The average Bonchev–Trinajstić information content (AvgIpc) is 2.71. The molecule has 8 nitrogen and oxygen atoms in total. The number of amides is 1. The third-order valence-electron chi connectivity index (χ3n) is 3.85. The Labute approximate surface area is 169 Å². The molecule has 0 spiro atoms. The standard InChI is InChI=1S/C19H18BrN3O5/c1-25-15-7-12(8-16(26-2)18(15)27-3)23-17(24)9-28-19-13-6-11(20)4-5-14(13)21-10-22-19/h4-8,10H,9H2,1-3H3,(H,23,24). The van der Waals surface area contributed by atoms with Gasteiger partial charge in [0.1, 0.15) is 6.33 Å². The highest BCUT2D eigenvalue weighted by Crippen LogP contribution is 2.39.